The van der Waals surface area contributed by atoms with Crippen LogP contribution in [-0.2, 0) is 6.42 Å². The molecule has 2 atom stereocenters. The van der Waals surface area contributed by atoms with Gasteiger partial charge >= 0.3 is 0 Å². The molecule has 0 heterocycles. The molecular formula is C19H22FN. The van der Waals surface area contributed by atoms with Crippen molar-refractivity contribution in [3.63, 3.8) is 0 Å². The lowest BCUT2D eigenvalue weighted by molar-refractivity contribution is 0.473. The highest BCUT2D eigenvalue weighted by Crippen LogP contribution is 2.39. The summed E-state index contributed by atoms with van der Waals surface area (Å²) >= 11 is 0. The van der Waals surface area contributed by atoms with Gasteiger partial charge in [-0.25, -0.2) is 4.39 Å². The number of fused-ring (bicyclic) bond motifs is 1. The van der Waals surface area contributed by atoms with Crippen LogP contribution in [0.15, 0.2) is 36.4 Å². The number of aryl methyl sites for hydroxylation is 3. The number of benzene rings is 2. The van der Waals surface area contributed by atoms with Crippen molar-refractivity contribution in [3.8, 4) is 0 Å². The van der Waals surface area contributed by atoms with Gasteiger partial charge in [0.15, 0.2) is 0 Å². The highest BCUT2D eigenvalue weighted by Gasteiger charge is 2.26. The molecule has 3 rings (SSSR count). The summed E-state index contributed by atoms with van der Waals surface area (Å²) in [6.07, 6.45) is 3.42. The van der Waals surface area contributed by atoms with Crippen LogP contribution in [-0.4, -0.2) is 0 Å². The second-order valence-corrected chi connectivity index (χ2v) is 6.19. The average molecular weight is 283 g/mol. The minimum absolute atomic E-state index is 0.0653. The van der Waals surface area contributed by atoms with Gasteiger partial charge in [0.05, 0.1) is 0 Å². The summed E-state index contributed by atoms with van der Waals surface area (Å²) in [4.78, 5) is 0. The monoisotopic (exact) mass is 283 g/mol. The van der Waals surface area contributed by atoms with E-state index in [1.807, 2.05) is 26.0 Å². The van der Waals surface area contributed by atoms with Gasteiger partial charge in [-0.15, -0.1) is 0 Å². The molecule has 110 valence electrons. The minimum atomic E-state index is -0.116. The van der Waals surface area contributed by atoms with Crippen LogP contribution in [0, 0.1) is 19.7 Å². The minimum Gasteiger partial charge on any atom is -0.323 e. The lowest BCUT2D eigenvalue weighted by atomic mass is 9.77. The van der Waals surface area contributed by atoms with Crippen molar-refractivity contribution in [2.24, 2.45) is 5.73 Å². The third-order valence-electron chi connectivity index (χ3n) is 4.69. The second kappa shape index (κ2) is 5.61. The molecule has 0 saturated heterocycles. The first-order valence-corrected chi connectivity index (χ1v) is 7.68. The molecule has 0 bridgehead atoms. The molecule has 1 aliphatic carbocycles. The Labute approximate surface area is 126 Å². The SMILES string of the molecule is Cc1cc(C(N)C2CCCc3ccccc32)cc(C)c1F. The zero-order valence-corrected chi connectivity index (χ0v) is 12.7. The van der Waals surface area contributed by atoms with Gasteiger partial charge in [0, 0.05) is 12.0 Å². The number of nitrogens with two attached hydrogens (primary N) is 1. The first-order chi connectivity index (χ1) is 10.1. The normalized spacial score (nSPS) is 19.1. The Balaban J connectivity index is 1.98. The number of halogens is 1. The van der Waals surface area contributed by atoms with Crippen LogP contribution in [0.25, 0.3) is 0 Å². The van der Waals surface area contributed by atoms with E-state index in [-0.39, 0.29) is 11.9 Å². The number of rotatable bonds is 2. The van der Waals surface area contributed by atoms with Gasteiger partial charge in [-0.3, -0.25) is 0 Å². The molecule has 0 radical (unpaired) electrons. The molecule has 21 heavy (non-hydrogen) atoms. The van der Waals surface area contributed by atoms with Gasteiger partial charge in [-0.05, 0) is 60.9 Å². The van der Waals surface area contributed by atoms with Crippen molar-refractivity contribution in [2.45, 2.75) is 45.1 Å². The summed E-state index contributed by atoms with van der Waals surface area (Å²) in [6, 6.07) is 12.3. The Kier molecular flexibility index (Phi) is 3.81. The van der Waals surface area contributed by atoms with E-state index in [0.29, 0.717) is 17.0 Å². The largest absolute Gasteiger partial charge is 0.323 e. The highest BCUT2D eigenvalue weighted by atomic mass is 19.1. The Morgan fingerprint density at radius 2 is 1.81 bits per heavy atom. The molecule has 2 aromatic carbocycles. The summed E-state index contributed by atoms with van der Waals surface area (Å²) in [5.41, 5.74) is 11.8. The maximum Gasteiger partial charge on any atom is 0.129 e. The van der Waals surface area contributed by atoms with E-state index in [1.54, 1.807) is 0 Å². The van der Waals surface area contributed by atoms with Crippen molar-refractivity contribution in [1.29, 1.82) is 0 Å². The van der Waals surface area contributed by atoms with E-state index >= 15 is 0 Å². The Morgan fingerprint density at radius 3 is 2.52 bits per heavy atom. The summed E-state index contributed by atoms with van der Waals surface area (Å²) in [5.74, 6) is 0.217. The first kappa shape index (κ1) is 14.3. The topological polar surface area (TPSA) is 26.0 Å². The summed E-state index contributed by atoms with van der Waals surface area (Å²) in [6.45, 7) is 3.63. The molecule has 2 heteroatoms. The molecule has 0 aromatic heterocycles. The summed E-state index contributed by atoms with van der Waals surface area (Å²) in [5, 5.41) is 0. The van der Waals surface area contributed by atoms with E-state index in [0.717, 1.165) is 18.4 Å². The average Bonchev–Trinajstić information content (AvgIpc) is 2.51. The number of hydrogen-bond donors (Lipinski definition) is 1. The van der Waals surface area contributed by atoms with Gasteiger partial charge in [0.2, 0.25) is 0 Å². The van der Waals surface area contributed by atoms with Crippen molar-refractivity contribution in [3.05, 3.63) is 70.0 Å². The fraction of sp³-hybridized carbons (Fsp3) is 0.368. The van der Waals surface area contributed by atoms with E-state index in [9.17, 15) is 4.39 Å². The van der Waals surface area contributed by atoms with E-state index < -0.39 is 0 Å². The lowest BCUT2D eigenvalue weighted by Gasteiger charge is -2.31. The molecule has 1 aliphatic rings. The van der Waals surface area contributed by atoms with Crippen LogP contribution < -0.4 is 5.73 Å². The van der Waals surface area contributed by atoms with Gasteiger partial charge in [0.25, 0.3) is 0 Å². The molecule has 2 N–H and O–H groups in total. The summed E-state index contributed by atoms with van der Waals surface area (Å²) < 4.78 is 13.8. The first-order valence-electron chi connectivity index (χ1n) is 7.68. The fourth-order valence-electron chi connectivity index (χ4n) is 3.57. The molecule has 0 amide bonds. The molecule has 0 fully saturated rings. The van der Waals surface area contributed by atoms with Gasteiger partial charge < -0.3 is 5.73 Å². The van der Waals surface area contributed by atoms with Crippen molar-refractivity contribution in [1.82, 2.24) is 0 Å². The maximum atomic E-state index is 13.8. The lowest BCUT2D eigenvalue weighted by Crippen LogP contribution is -2.24. The zero-order chi connectivity index (χ0) is 15.0. The molecule has 0 aliphatic heterocycles. The molecule has 2 aromatic rings. The van der Waals surface area contributed by atoms with E-state index in [4.69, 9.17) is 5.73 Å². The van der Waals surface area contributed by atoms with E-state index in [2.05, 4.69) is 24.3 Å². The van der Waals surface area contributed by atoms with Gasteiger partial charge in [-0.2, -0.15) is 0 Å². The zero-order valence-electron chi connectivity index (χ0n) is 12.7. The Morgan fingerprint density at radius 1 is 1.14 bits per heavy atom. The quantitative estimate of drug-likeness (QED) is 0.859. The smallest absolute Gasteiger partial charge is 0.129 e. The Hall–Kier alpha value is -1.67. The van der Waals surface area contributed by atoms with Crippen LogP contribution in [0.3, 0.4) is 0 Å². The third-order valence-corrected chi connectivity index (χ3v) is 4.69. The van der Waals surface area contributed by atoms with Crippen molar-refractivity contribution < 1.29 is 4.39 Å². The van der Waals surface area contributed by atoms with Crippen LogP contribution in [0.5, 0.6) is 0 Å². The van der Waals surface area contributed by atoms with Crippen LogP contribution in [0.2, 0.25) is 0 Å². The summed E-state index contributed by atoms with van der Waals surface area (Å²) in [7, 11) is 0. The van der Waals surface area contributed by atoms with Gasteiger partial charge in [-0.1, -0.05) is 36.4 Å². The van der Waals surface area contributed by atoms with Crippen LogP contribution >= 0.6 is 0 Å². The van der Waals surface area contributed by atoms with Crippen molar-refractivity contribution >= 4 is 0 Å². The predicted octanol–water partition coefficient (Wildman–Crippen LogP) is 4.56. The molecule has 0 saturated carbocycles. The second-order valence-electron chi connectivity index (χ2n) is 6.19. The third kappa shape index (κ3) is 2.60. The highest BCUT2D eigenvalue weighted by molar-refractivity contribution is 5.38. The molecule has 2 unspecified atom stereocenters. The predicted molar refractivity (Wildman–Crippen MR) is 84.9 cm³/mol. The maximum absolute atomic E-state index is 13.8. The molecule has 0 spiro atoms. The van der Waals surface area contributed by atoms with Crippen molar-refractivity contribution in [2.75, 3.05) is 0 Å². The van der Waals surface area contributed by atoms with E-state index in [1.165, 1.54) is 17.5 Å². The molecule has 1 nitrogen and oxygen atoms in total. The van der Waals surface area contributed by atoms with Crippen LogP contribution in [0.4, 0.5) is 4.39 Å². The van der Waals surface area contributed by atoms with Crippen LogP contribution in [0.1, 0.15) is 52.6 Å². The van der Waals surface area contributed by atoms with Gasteiger partial charge in [0.1, 0.15) is 5.82 Å². The standard InChI is InChI=1S/C19H22FN/c1-12-10-15(11-13(2)18(12)20)19(21)17-9-5-7-14-6-3-4-8-16(14)17/h3-4,6,8,10-11,17,19H,5,7,9,21H2,1-2H3. The number of hydrogen-bond acceptors (Lipinski definition) is 1. The Bertz CT molecular complexity index is 639. The molecular weight excluding hydrogens is 261 g/mol. The fourth-order valence-corrected chi connectivity index (χ4v) is 3.57.